The van der Waals surface area contributed by atoms with Crippen LogP contribution >= 0.6 is 22.9 Å². The summed E-state index contributed by atoms with van der Waals surface area (Å²) in [4.78, 5) is 20.8. The summed E-state index contributed by atoms with van der Waals surface area (Å²) >= 11 is 7.39. The van der Waals surface area contributed by atoms with E-state index in [2.05, 4.69) is 9.88 Å². The van der Waals surface area contributed by atoms with Crippen LogP contribution in [0.25, 0.3) is 0 Å². The first-order valence-electron chi connectivity index (χ1n) is 8.79. The third-order valence-corrected chi connectivity index (χ3v) is 5.30. The van der Waals surface area contributed by atoms with Crippen molar-refractivity contribution in [2.24, 2.45) is 0 Å². The second kappa shape index (κ2) is 9.19. The summed E-state index contributed by atoms with van der Waals surface area (Å²) in [6.07, 6.45) is 0. The summed E-state index contributed by atoms with van der Waals surface area (Å²) in [7, 11) is 3.63. The molecular formula is C21H22ClN3O2S. The molecule has 0 N–H and O–H groups in total. The maximum absolute atomic E-state index is 12.3. The highest BCUT2D eigenvalue weighted by Crippen LogP contribution is 2.35. The largest absolute Gasteiger partial charge is 0.495 e. The van der Waals surface area contributed by atoms with Crippen LogP contribution in [0.5, 0.6) is 5.75 Å². The van der Waals surface area contributed by atoms with Crippen LogP contribution in [-0.4, -0.2) is 29.9 Å². The summed E-state index contributed by atoms with van der Waals surface area (Å²) in [6.45, 7) is 2.99. The van der Waals surface area contributed by atoms with E-state index < -0.39 is 0 Å². The number of aromatic nitrogens is 1. The average molecular weight is 416 g/mol. The number of carbonyl (C=O) groups is 1. The number of rotatable bonds is 7. The molecule has 1 amide bonds. The molecule has 0 saturated heterocycles. The van der Waals surface area contributed by atoms with Gasteiger partial charge >= 0.3 is 0 Å². The molecule has 0 saturated carbocycles. The molecule has 0 aliphatic heterocycles. The van der Waals surface area contributed by atoms with Crippen molar-refractivity contribution in [2.75, 3.05) is 19.1 Å². The molecule has 0 aliphatic rings. The highest BCUT2D eigenvalue weighted by molar-refractivity contribution is 7.14. The normalized spacial score (nSPS) is 10.9. The van der Waals surface area contributed by atoms with Gasteiger partial charge in [-0.15, -0.1) is 11.3 Å². The first-order chi connectivity index (χ1) is 13.5. The monoisotopic (exact) mass is 415 g/mol. The third-order valence-electron chi connectivity index (χ3n) is 4.17. The van der Waals surface area contributed by atoms with E-state index in [0.29, 0.717) is 23.1 Å². The fourth-order valence-electron chi connectivity index (χ4n) is 2.93. The van der Waals surface area contributed by atoms with Crippen LogP contribution in [0.15, 0.2) is 53.9 Å². The molecule has 1 aromatic heterocycles. The molecule has 3 aromatic rings. The van der Waals surface area contributed by atoms with Crippen LogP contribution in [0, 0.1) is 0 Å². The minimum atomic E-state index is -0.111. The van der Waals surface area contributed by atoms with Crippen LogP contribution < -0.4 is 9.64 Å². The van der Waals surface area contributed by atoms with E-state index >= 15 is 0 Å². The topological polar surface area (TPSA) is 45.7 Å². The molecular weight excluding hydrogens is 394 g/mol. The molecule has 0 atom stereocenters. The molecule has 2 aromatic carbocycles. The van der Waals surface area contributed by atoms with Crippen molar-refractivity contribution in [3.05, 3.63) is 70.2 Å². The maximum atomic E-state index is 12.3. The number of anilines is 2. The number of hydrogen-bond acceptors (Lipinski definition) is 5. The smallest absolute Gasteiger partial charge is 0.230 e. The summed E-state index contributed by atoms with van der Waals surface area (Å²) in [5, 5.41) is 3.35. The van der Waals surface area contributed by atoms with Gasteiger partial charge in [-0.05, 0) is 36.9 Å². The lowest BCUT2D eigenvalue weighted by atomic mass is 10.2. The van der Waals surface area contributed by atoms with E-state index in [0.717, 1.165) is 17.3 Å². The van der Waals surface area contributed by atoms with E-state index in [1.54, 1.807) is 12.0 Å². The Morgan fingerprint density at radius 3 is 2.54 bits per heavy atom. The predicted octanol–water partition coefficient (Wildman–Crippen LogP) is 5.12. The maximum Gasteiger partial charge on any atom is 0.230 e. The number of amides is 1. The molecule has 1 heterocycles. The molecule has 28 heavy (non-hydrogen) atoms. The van der Waals surface area contributed by atoms with Crippen LogP contribution in [0.4, 0.5) is 10.8 Å². The van der Waals surface area contributed by atoms with Crippen LogP contribution in [0.3, 0.4) is 0 Å². The average Bonchev–Trinajstić information content (AvgIpc) is 3.11. The Kier molecular flexibility index (Phi) is 6.67. The van der Waals surface area contributed by atoms with Crippen molar-refractivity contribution in [3.8, 4) is 5.75 Å². The van der Waals surface area contributed by atoms with Gasteiger partial charge in [-0.1, -0.05) is 35.9 Å². The quantitative estimate of drug-likeness (QED) is 0.537. The second-order valence-electron chi connectivity index (χ2n) is 6.45. The van der Waals surface area contributed by atoms with E-state index in [9.17, 15) is 4.79 Å². The number of thiazole rings is 1. The van der Waals surface area contributed by atoms with Gasteiger partial charge in [0, 0.05) is 30.4 Å². The highest BCUT2D eigenvalue weighted by Gasteiger charge is 2.21. The van der Waals surface area contributed by atoms with E-state index in [4.69, 9.17) is 16.3 Å². The second-order valence-corrected chi connectivity index (χ2v) is 7.72. The fourth-order valence-corrected chi connectivity index (χ4v) is 3.92. The zero-order chi connectivity index (χ0) is 20.1. The molecule has 0 radical (unpaired) electrons. The number of para-hydroxylation sites is 2. The van der Waals surface area contributed by atoms with Gasteiger partial charge in [-0.25, -0.2) is 4.98 Å². The number of nitrogens with zero attached hydrogens (tertiary/aromatic N) is 3. The summed E-state index contributed by atoms with van der Waals surface area (Å²) in [5.41, 5.74) is 2.78. The Labute approximate surface area is 174 Å². The highest BCUT2D eigenvalue weighted by atomic mass is 35.5. The van der Waals surface area contributed by atoms with Crippen LogP contribution in [0.1, 0.15) is 18.2 Å². The zero-order valence-electron chi connectivity index (χ0n) is 16.1. The summed E-state index contributed by atoms with van der Waals surface area (Å²) in [5.74, 6) is 0.522. The van der Waals surface area contributed by atoms with Gasteiger partial charge in [0.1, 0.15) is 5.75 Å². The van der Waals surface area contributed by atoms with E-state index in [1.165, 1.54) is 23.8 Å². The lowest BCUT2D eigenvalue weighted by molar-refractivity contribution is -0.115. The zero-order valence-corrected chi connectivity index (χ0v) is 17.6. The Morgan fingerprint density at radius 1 is 1.14 bits per heavy atom. The number of hydrogen-bond donors (Lipinski definition) is 0. The lowest BCUT2D eigenvalue weighted by Gasteiger charge is -2.20. The molecule has 0 aliphatic carbocycles. The molecule has 146 valence electrons. The van der Waals surface area contributed by atoms with Crippen molar-refractivity contribution in [1.29, 1.82) is 0 Å². The Hall–Kier alpha value is -2.41. The summed E-state index contributed by atoms with van der Waals surface area (Å²) in [6, 6.07) is 15.3. The van der Waals surface area contributed by atoms with Crippen molar-refractivity contribution in [2.45, 2.75) is 20.0 Å². The SMILES string of the molecule is COc1ccccc1N(C(C)=O)c1nc(CN(C)Cc2ccc(Cl)cc2)cs1. The van der Waals surface area contributed by atoms with Gasteiger partial charge in [-0.3, -0.25) is 14.6 Å². The predicted molar refractivity (Wildman–Crippen MR) is 115 cm³/mol. The van der Waals surface area contributed by atoms with E-state index in [-0.39, 0.29) is 5.91 Å². The van der Waals surface area contributed by atoms with Gasteiger partial charge in [0.25, 0.3) is 0 Å². The number of ether oxygens (including phenoxy) is 1. The van der Waals surface area contributed by atoms with Gasteiger partial charge in [0.2, 0.25) is 5.91 Å². The lowest BCUT2D eigenvalue weighted by Crippen LogP contribution is -2.23. The minimum absolute atomic E-state index is 0.111. The van der Waals surface area contributed by atoms with Crippen molar-refractivity contribution in [1.82, 2.24) is 9.88 Å². The molecule has 3 rings (SSSR count). The molecule has 0 fully saturated rings. The Balaban J connectivity index is 1.75. The minimum Gasteiger partial charge on any atom is -0.495 e. The third kappa shape index (κ3) is 4.90. The Morgan fingerprint density at radius 2 is 1.86 bits per heavy atom. The fraction of sp³-hybridized carbons (Fsp3) is 0.238. The van der Waals surface area contributed by atoms with Gasteiger partial charge < -0.3 is 4.74 Å². The number of halogens is 1. The van der Waals surface area contributed by atoms with Crippen molar-refractivity contribution >= 4 is 39.7 Å². The molecule has 5 nitrogen and oxygen atoms in total. The molecule has 7 heteroatoms. The molecule has 0 bridgehead atoms. The van der Waals surface area contributed by atoms with Crippen molar-refractivity contribution in [3.63, 3.8) is 0 Å². The summed E-state index contributed by atoms with van der Waals surface area (Å²) < 4.78 is 5.41. The van der Waals surface area contributed by atoms with Crippen LogP contribution in [0.2, 0.25) is 5.02 Å². The van der Waals surface area contributed by atoms with Gasteiger partial charge in [0.05, 0.1) is 18.5 Å². The molecule has 0 unspecified atom stereocenters. The van der Waals surface area contributed by atoms with Crippen molar-refractivity contribution < 1.29 is 9.53 Å². The number of carbonyl (C=O) groups excluding carboxylic acids is 1. The van der Waals surface area contributed by atoms with Gasteiger partial charge in [-0.2, -0.15) is 0 Å². The van der Waals surface area contributed by atoms with E-state index in [1.807, 2.05) is 61.0 Å². The molecule has 0 spiro atoms. The first-order valence-corrected chi connectivity index (χ1v) is 10.0. The Bertz CT molecular complexity index is 943. The van der Waals surface area contributed by atoms with Crippen LogP contribution in [-0.2, 0) is 17.9 Å². The standard InChI is InChI=1S/C21H22ClN3O2S/c1-15(26)25(19-6-4-5-7-20(19)27-3)21-23-18(14-28-21)13-24(2)12-16-8-10-17(22)11-9-16/h4-11,14H,12-13H2,1-3H3. The first kappa shape index (κ1) is 20.3. The number of methoxy groups -OCH3 is 1. The number of benzene rings is 2. The van der Waals surface area contributed by atoms with Gasteiger partial charge in [0.15, 0.2) is 5.13 Å².